The SMILES string of the molecule is COCCC(N)CC(=O)c1ccccc1Cl. The molecule has 0 aromatic heterocycles. The molecule has 1 aromatic carbocycles. The molecule has 0 saturated heterocycles. The molecule has 2 N–H and O–H groups in total. The second kappa shape index (κ2) is 6.63. The van der Waals surface area contributed by atoms with E-state index < -0.39 is 0 Å². The molecule has 0 fully saturated rings. The molecule has 1 aromatic rings. The fourth-order valence-electron chi connectivity index (χ4n) is 1.41. The van der Waals surface area contributed by atoms with Gasteiger partial charge in [0.1, 0.15) is 0 Å². The van der Waals surface area contributed by atoms with Gasteiger partial charge >= 0.3 is 0 Å². The maximum atomic E-state index is 11.8. The monoisotopic (exact) mass is 241 g/mol. The maximum Gasteiger partial charge on any atom is 0.165 e. The number of hydrogen-bond acceptors (Lipinski definition) is 3. The lowest BCUT2D eigenvalue weighted by atomic mass is 10.0. The van der Waals surface area contributed by atoms with E-state index >= 15 is 0 Å². The lowest BCUT2D eigenvalue weighted by Crippen LogP contribution is -2.25. The predicted molar refractivity (Wildman–Crippen MR) is 64.9 cm³/mol. The number of methoxy groups -OCH3 is 1. The molecular weight excluding hydrogens is 226 g/mol. The van der Waals surface area contributed by atoms with Crippen LogP contribution in [0.1, 0.15) is 23.2 Å². The van der Waals surface area contributed by atoms with Crippen molar-refractivity contribution in [1.29, 1.82) is 0 Å². The van der Waals surface area contributed by atoms with Crippen LogP contribution in [0.4, 0.5) is 0 Å². The van der Waals surface area contributed by atoms with Gasteiger partial charge < -0.3 is 10.5 Å². The molecular formula is C12H16ClNO2. The van der Waals surface area contributed by atoms with Gasteiger partial charge in [0.05, 0.1) is 5.02 Å². The van der Waals surface area contributed by atoms with Crippen LogP contribution in [0, 0.1) is 0 Å². The second-order valence-corrected chi connectivity index (χ2v) is 4.06. The van der Waals surface area contributed by atoms with E-state index in [4.69, 9.17) is 22.1 Å². The highest BCUT2D eigenvalue weighted by atomic mass is 35.5. The Morgan fingerprint density at radius 1 is 1.50 bits per heavy atom. The summed E-state index contributed by atoms with van der Waals surface area (Å²) in [7, 11) is 1.61. The Morgan fingerprint density at radius 2 is 2.19 bits per heavy atom. The molecule has 0 aliphatic carbocycles. The van der Waals surface area contributed by atoms with Crippen molar-refractivity contribution in [3.05, 3.63) is 34.9 Å². The summed E-state index contributed by atoms with van der Waals surface area (Å²) in [6.07, 6.45) is 0.972. The highest BCUT2D eigenvalue weighted by molar-refractivity contribution is 6.33. The lowest BCUT2D eigenvalue weighted by Gasteiger charge is -2.10. The van der Waals surface area contributed by atoms with Gasteiger partial charge in [-0.25, -0.2) is 0 Å². The Bertz CT molecular complexity index is 355. The molecule has 0 amide bonds. The first-order valence-electron chi connectivity index (χ1n) is 5.17. The molecule has 4 heteroatoms. The molecule has 0 spiro atoms. The number of rotatable bonds is 6. The molecule has 16 heavy (non-hydrogen) atoms. The Kier molecular flexibility index (Phi) is 5.46. The summed E-state index contributed by atoms with van der Waals surface area (Å²) in [5, 5.41) is 0.478. The average molecular weight is 242 g/mol. The van der Waals surface area contributed by atoms with Crippen molar-refractivity contribution in [2.75, 3.05) is 13.7 Å². The first kappa shape index (κ1) is 13.2. The molecule has 0 aliphatic heterocycles. The van der Waals surface area contributed by atoms with E-state index in [1.54, 1.807) is 31.4 Å². The van der Waals surface area contributed by atoms with E-state index in [1.165, 1.54) is 0 Å². The van der Waals surface area contributed by atoms with Crippen molar-refractivity contribution < 1.29 is 9.53 Å². The number of benzene rings is 1. The van der Waals surface area contributed by atoms with E-state index in [2.05, 4.69) is 0 Å². The van der Waals surface area contributed by atoms with Crippen molar-refractivity contribution in [1.82, 2.24) is 0 Å². The number of carbonyl (C=O) groups is 1. The van der Waals surface area contributed by atoms with Gasteiger partial charge in [0.25, 0.3) is 0 Å². The highest BCUT2D eigenvalue weighted by Gasteiger charge is 2.13. The summed E-state index contributed by atoms with van der Waals surface area (Å²) in [4.78, 5) is 11.8. The fraction of sp³-hybridized carbons (Fsp3) is 0.417. The van der Waals surface area contributed by atoms with Crippen LogP contribution in [0.5, 0.6) is 0 Å². The summed E-state index contributed by atoms with van der Waals surface area (Å²) in [5.74, 6) is -0.0193. The van der Waals surface area contributed by atoms with Crippen molar-refractivity contribution in [3.63, 3.8) is 0 Å². The van der Waals surface area contributed by atoms with Gasteiger partial charge in [0, 0.05) is 31.7 Å². The minimum Gasteiger partial charge on any atom is -0.385 e. The molecule has 0 heterocycles. The summed E-state index contributed by atoms with van der Waals surface area (Å²) in [5.41, 5.74) is 6.34. The van der Waals surface area contributed by atoms with Crippen molar-refractivity contribution in [2.24, 2.45) is 5.73 Å². The topological polar surface area (TPSA) is 52.3 Å². The minimum absolute atomic E-state index is 0.0193. The van der Waals surface area contributed by atoms with Crippen LogP contribution in [-0.4, -0.2) is 25.5 Å². The van der Waals surface area contributed by atoms with Crippen LogP contribution in [0.2, 0.25) is 5.02 Å². The third kappa shape index (κ3) is 3.93. The molecule has 3 nitrogen and oxygen atoms in total. The van der Waals surface area contributed by atoms with Gasteiger partial charge in [-0.2, -0.15) is 0 Å². The number of Topliss-reactive ketones (excluding diaryl/α,β-unsaturated/α-hetero) is 1. The molecule has 1 unspecified atom stereocenters. The first-order valence-corrected chi connectivity index (χ1v) is 5.55. The third-order valence-corrected chi connectivity index (χ3v) is 2.64. The van der Waals surface area contributed by atoms with Crippen molar-refractivity contribution >= 4 is 17.4 Å². The van der Waals surface area contributed by atoms with Gasteiger partial charge in [0.2, 0.25) is 0 Å². The smallest absolute Gasteiger partial charge is 0.165 e. The maximum absolute atomic E-state index is 11.8. The zero-order valence-corrected chi connectivity index (χ0v) is 10.0. The van der Waals surface area contributed by atoms with E-state index in [-0.39, 0.29) is 11.8 Å². The summed E-state index contributed by atoms with van der Waals surface area (Å²) < 4.78 is 4.91. The summed E-state index contributed by atoms with van der Waals surface area (Å²) in [6.45, 7) is 0.566. The first-order chi connectivity index (χ1) is 7.65. The Morgan fingerprint density at radius 3 is 2.81 bits per heavy atom. The van der Waals surface area contributed by atoms with Crippen molar-refractivity contribution in [3.8, 4) is 0 Å². The standard InChI is InChI=1S/C12H16ClNO2/c1-16-7-6-9(14)8-12(15)10-4-2-3-5-11(10)13/h2-5,9H,6-8,14H2,1H3. The van der Waals surface area contributed by atoms with Gasteiger partial charge in [-0.3, -0.25) is 4.79 Å². The van der Waals surface area contributed by atoms with Gasteiger partial charge in [-0.1, -0.05) is 23.7 Å². The van der Waals surface area contributed by atoms with Crippen LogP contribution in [0.25, 0.3) is 0 Å². The van der Waals surface area contributed by atoms with Crippen LogP contribution in [0.3, 0.4) is 0 Å². The summed E-state index contributed by atoms with van der Waals surface area (Å²) in [6, 6.07) is 6.83. The summed E-state index contributed by atoms with van der Waals surface area (Å²) >= 11 is 5.92. The number of ketones is 1. The molecule has 0 bridgehead atoms. The van der Waals surface area contributed by atoms with Crippen LogP contribution < -0.4 is 5.73 Å². The number of halogens is 1. The number of ether oxygens (including phenoxy) is 1. The minimum atomic E-state index is -0.177. The van der Waals surface area contributed by atoms with E-state index in [1.807, 2.05) is 0 Å². The molecule has 0 aliphatic rings. The zero-order chi connectivity index (χ0) is 12.0. The largest absolute Gasteiger partial charge is 0.385 e. The zero-order valence-electron chi connectivity index (χ0n) is 9.28. The molecule has 0 radical (unpaired) electrons. The van der Waals surface area contributed by atoms with Crippen LogP contribution in [-0.2, 0) is 4.74 Å². The fourth-order valence-corrected chi connectivity index (χ4v) is 1.65. The molecule has 88 valence electrons. The predicted octanol–water partition coefficient (Wildman–Crippen LogP) is 2.28. The van der Waals surface area contributed by atoms with E-state index in [0.29, 0.717) is 30.0 Å². The quantitative estimate of drug-likeness (QED) is 0.778. The Hall–Kier alpha value is -0.900. The van der Waals surface area contributed by atoms with Crippen LogP contribution >= 0.6 is 11.6 Å². The van der Waals surface area contributed by atoms with E-state index in [9.17, 15) is 4.79 Å². The number of nitrogens with two attached hydrogens (primary N) is 1. The molecule has 1 atom stereocenters. The molecule has 0 saturated carbocycles. The second-order valence-electron chi connectivity index (χ2n) is 3.65. The van der Waals surface area contributed by atoms with Crippen LogP contribution in [0.15, 0.2) is 24.3 Å². The Balaban J connectivity index is 2.56. The lowest BCUT2D eigenvalue weighted by molar-refractivity contribution is 0.0967. The molecule has 1 rings (SSSR count). The van der Waals surface area contributed by atoms with Gasteiger partial charge in [-0.05, 0) is 18.6 Å². The normalized spacial score (nSPS) is 12.4. The van der Waals surface area contributed by atoms with Gasteiger partial charge in [0.15, 0.2) is 5.78 Å². The average Bonchev–Trinajstić information content (AvgIpc) is 2.26. The highest BCUT2D eigenvalue weighted by Crippen LogP contribution is 2.17. The van der Waals surface area contributed by atoms with Crippen molar-refractivity contribution in [2.45, 2.75) is 18.9 Å². The number of carbonyl (C=O) groups excluding carboxylic acids is 1. The van der Waals surface area contributed by atoms with Gasteiger partial charge in [-0.15, -0.1) is 0 Å². The third-order valence-electron chi connectivity index (χ3n) is 2.31. The number of hydrogen-bond donors (Lipinski definition) is 1. The Labute approximate surface area is 101 Å². The van der Waals surface area contributed by atoms with E-state index in [0.717, 1.165) is 0 Å².